The van der Waals surface area contributed by atoms with Crippen molar-refractivity contribution < 1.29 is 19.1 Å². The SMILES string of the molecule is CC(=O)c1ccc2c(c1)N(CC(=O)NCCCN1CCCCC1C)C(=O)CO2. The Morgan fingerprint density at radius 1 is 1.29 bits per heavy atom. The number of nitrogens with one attached hydrogen (secondary N) is 1. The Morgan fingerprint density at radius 2 is 2.11 bits per heavy atom. The van der Waals surface area contributed by atoms with Crippen LogP contribution < -0.4 is 15.0 Å². The summed E-state index contributed by atoms with van der Waals surface area (Å²) in [5, 5.41) is 2.91. The lowest BCUT2D eigenvalue weighted by Gasteiger charge is -2.33. The monoisotopic (exact) mass is 387 g/mol. The van der Waals surface area contributed by atoms with E-state index in [-0.39, 0.29) is 30.7 Å². The molecular weight excluding hydrogens is 358 g/mol. The van der Waals surface area contributed by atoms with Crippen LogP contribution in [0.5, 0.6) is 5.75 Å². The van der Waals surface area contributed by atoms with Gasteiger partial charge in [0.05, 0.1) is 5.69 Å². The van der Waals surface area contributed by atoms with Crippen molar-refractivity contribution in [3.8, 4) is 5.75 Å². The van der Waals surface area contributed by atoms with Crippen LogP contribution in [0.25, 0.3) is 0 Å². The van der Waals surface area contributed by atoms with E-state index in [1.807, 2.05) is 0 Å². The number of hydrogen-bond acceptors (Lipinski definition) is 5. The molecule has 0 saturated carbocycles. The van der Waals surface area contributed by atoms with E-state index in [0.717, 1.165) is 19.5 Å². The van der Waals surface area contributed by atoms with Crippen molar-refractivity contribution in [2.45, 2.75) is 45.6 Å². The molecule has 2 aliphatic rings. The number of rotatable bonds is 7. The van der Waals surface area contributed by atoms with Gasteiger partial charge in [-0.25, -0.2) is 0 Å². The van der Waals surface area contributed by atoms with Gasteiger partial charge >= 0.3 is 0 Å². The molecule has 28 heavy (non-hydrogen) atoms. The largest absolute Gasteiger partial charge is 0.482 e. The number of ketones is 1. The van der Waals surface area contributed by atoms with Crippen molar-refractivity contribution in [3.63, 3.8) is 0 Å². The highest BCUT2D eigenvalue weighted by molar-refractivity contribution is 6.04. The molecule has 1 aromatic carbocycles. The molecule has 7 heteroatoms. The molecule has 0 aliphatic carbocycles. The molecule has 0 radical (unpaired) electrons. The summed E-state index contributed by atoms with van der Waals surface area (Å²) in [7, 11) is 0. The van der Waals surface area contributed by atoms with Crippen molar-refractivity contribution in [2.24, 2.45) is 0 Å². The minimum atomic E-state index is -0.287. The van der Waals surface area contributed by atoms with Crippen molar-refractivity contribution >= 4 is 23.3 Å². The molecule has 1 atom stereocenters. The number of ether oxygens (including phenoxy) is 1. The van der Waals surface area contributed by atoms with Crippen LogP contribution in [0.3, 0.4) is 0 Å². The standard InChI is InChI=1S/C21H29N3O4/c1-15-6-3-4-10-23(15)11-5-9-22-20(26)13-24-18-12-17(16(2)25)7-8-19(18)28-14-21(24)27/h7-8,12,15H,3-6,9-11,13-14H2,1-2H3,(H,22,26). The normalized spacial score (nSPS) is 19.7. The molecule has 1 N–H and O–H groups in total. The molecule has 0 spiro atoms. The van der Waals surface area contributed by atoms with Crippen LogP contribution in [-0.4, -0.2) is 61.3 Å². The zero-order valence-corrected chi connectivity index (χ0v) is 16.7. The Kier molecular flexibility index (Phi) is 6.67. The second-order valence-electron chi connectivity index (χ2n) is 7.59. The zero-order valence-electron chi connectivity index (χ0n) is 16.7. The van der Waals surface area contributed by atoms with E-state index in [1.165, 1.54) is 31.1 Å². The van der Waals surface area contributed by atoms with E-state index in [4.69, 9.17) is 4.74 Å². The summed E-state index contributed by atoms with van der Waals surface area (Å²) in [5.74, 6) is -0.0831. The molecule has 1 unspecified atom stereocenters. The van der Waals surface area contributed by atoms with E-state index in [9.17, 15) is 14.4 Å². The van der Waals surface area contributed by atoms with E-state index in [0.29, 0.717) is 29.6 Å². The van der Waals surface area contributed by atoms with Gasteiger partial charge in [0.25, 0.3) is 5.91 Å². The second-order valence-corrected chi connectivity index (χ2v) is 7.59. The van der Waals surface area contributed by atoms with Crippen LogP contribution in [-0.2, 0) is 9.59 Å². The highest BCUT2D eigenvalue weighted by Gasteiger charge is 2.28. The molecule has 1 aromatic rings. The predicted molar refractivity (Wildman–Crippen MR) is 107 cm³/mol. The van der Waals surface area contributed by atoms with Gasteiger partial charge in [-0.2, -0.15) is 0 Å². The van der Waals surface area contributed by atoms with Gasteiger partial charge in [0.15, 0.2) is 12.4 Å². The van der Waals surface area contributed by atoms with Crippen LogP contribution >= 0.6 is 0 Å². The van der Waals surface area contributed by atoms with Gasteiger partial charge < -0.3 is 15.0 Å². The van der Waals surface area contributed by atoms with Crippen LogP contribution in [0.2, 0.25) is 0 Å². The average Bonchev–Trinajstić information content (AvgIpc) is 2.68. The fourth-order valence-electron chi connectivity index (χ4n) is 3.79. The van der Waals surface area contributed by atoms with Gasteiger partial charge in [-0.15, -0.1) is 0 Å². The summed E-state index contributed by atoms with van der Waals surface area (Å²) < 4.78 is 5.42. The van der Waals surface area contributed by atoms with E-state index in [1.54, 1.807) is 18.2 Å². The zero-order chi connectivity index (χ0) is 20.1. The predicted octanol–water partition coefficient (Wildman–Crippen LogP) is 2.00. The third-order valence-electron chi connectivity index (χ3n) is 5.50. The molecule has 2 heterocycles. The van der Waals surface area contributed by atoms with Crippen molar-refractivity contribution in [1.29, 1.82) is 0 Å². The molecule has 0 aromatic heterocycles. The Bertz CT molecular complexity index is 749. The number of fused-ring (bicyclic) bond motifs is 1. The van der Waals surface area contributed by atoms with Gasteiger partial charge in [-0.05, 0) is 57.9 Å². The number of likely N-dealkylation sites (tertiary alicyclic amines) is 1. The number of hydrogen-bond donors (Lipinski definition) is 1. The van der Waals surface area contributed by atoms with Crippen molar-refractivity contribution in [1.82, 2.24) is 10.2 Å². The topological polar surface area (TPSA) is 79.0 Å². The van der Waals surface area contributed by atoms with Gasteiger partial charge in [-0.1, -0.05) is 6.42 Å². The lowest BCUT2D eigenvalue weighted by Crippen LogP contribution is -2.45. The first-order valence-electron chi connectivity index (χ1n) is 10.0. The van der Waals surface area contributed by atoms with Gasteiger partial charge in [0, 0.05) is 24.7 Å². The molecule has 1 saturated heterocycles. The Hall–Kier alpha value is -2.41. The first-order chi connectivity index (χ1) is 13.5. The summed E-state index contributed by atoms with van der Waals surface area (Å²) >= 11 is 0. The molecule has 152 valence electrons. The van der Waals surface area contributed by atoms with E-state index in [2.05, 4.69) is 17.1 Å². The number of amides is 2. The highest BCUT2D eigenvalue weighted by Crippen LogP contribution is 2.33. The minimum Gasteiger partial charge on any atom is -0.482 e. The maximum Gasteiger partial charge on any atom is 0.265 e. The fraction of sp³-hybridized carbons (Fsp3) is 0.571. The quantitative estimate of drug-likeness (QED) is 0.572. The number of piperidine rings is 1. The second kappa shape index (κ2) is 9.19. The highest BCUT2D eigenvalue weighted by atomic mass is 16.5. The number of carbonyl (C=O) groups excluding carboxylic acids is 3. The summed E-state index contributed by atoms with van der Waals surface area (Å²) in [6.07, 6.45) is 4.68. The van der Waals surface area contributed by atoms with Crippen LogP contribution in [0.15, 0.2) is 18.2 Å². The van der Waals surface area contributed by atoms with E-state index < -0.39 is 0 Å². The summed E-state index contributed by atoms with van der Waals surface area (Å²) in [5.41, 5.74) is 0.958. The Labute approximate surface area is 166 Å². The number of anilines is 1. The van der Waals surface area contributed by atoms with Crippen molar-refractivity contribution in [3.05, 3.63) is 23.8 Å². The van der Waals surface area contributed by atoms with Gasteiger partial charge in [0.1, 0.15) is 12.3 Å². The number of Topliss-reactive ketones (excluding diaryl/α,β-unsaturated/α-hetero) is 1. The maximum atomic E-state index is 12.4. The number of carbonyl (C=O) groups is 3. The van der Waals surface area contributed by atoms with E-state index >= 15 is 0 Å². The maximum absolute atomic E-state index is 12.4. The third-order valence-corrected chi connectivity index (χ3v) is 5.50. The van der Waals surface area contributed by atoms with Gasteiger partial charge in [-0.3, -0.25) is 19.3 Å². The number of benzene rings is 1. The smallest absolute Gasteiger partial charge is 0.265 e. The average molecular weight is 387 g/mol. The Balaban J connectivity index is 1.53. The summed E-state index contributed by atoms with van der Waals surface area (Å²) in [6.45, 7) is 6.24. The lowest BCUT2D eigenvalue weighted by atomic mass is 10.0. The summed E-state index contributed by atoms with van der Waals surface area (Å²) in [6, 6.07) is 5.56. The molecular formula is C21H29N3O4. The molecule has 7 nitrogen and oxygen atoms in total. The fourth-order valence-corrected chi connectivity index (χ4v) is 3.79. The number of nitrogens with zero attached hydrogens (tertiary/aromatic N) is 2. The van der Waals surface area contributed by atoms with Crippen LogP contribution in [0.1, 0.15) is 49.9 Å². The molecule has 0 bridgehead atoms. The van der Waals surface area contributed by atoms with Gasteiger partial charge in [0.2, 0.25) is 5.91 Å². The molecule has 3 rings (SSSR count). The molecule has 1 fully saturated rings. The first kappa shape index (κ1) is 20.3. The first-order valence-corrected chi connectivity index (χ1v) is 10.0. The third kappa shape index (κ3) is 4.90. The van der Waals surface area contributed by atoms with Crippen molar-refractivity contribution in [2.75, 3.05) is 37.7 Å². The van der Waals surface area contributed by atoms with Crippen LogP contribution in [0.4, 0.5) is 5.69 Å². The lowest BCUT2D eigenvalue weighted by molar-refractivity contribution is -0.125. The van der Waals surface area contributed by atoms with Crippen LogP contribution in [0, 0.1) is 0 Å². The summed E-state index contributed by atoms with van der Waals surface area (Å²) in [4.78, 5) is 40.2. The molecule has 2 amide bonds. The molecule has 2 aliphatic heterocycles. The minimum absolute atomic E-state index is 0.0727. The Morgan fingerprint density at radius 3 is 2.86 bits per heavy atom.